The molecule has 2 aliphatic rings. The molecule has 1 N–H and O–H groups in total. The number of rotatable bonds is 18. The van der Waals surface area contributed by atoms with Crippen LogP contribution in [0.25, 0.3) is 4.85 Å². The van der Waals surface area contributed by atoms with Crippen molar-refractivity contribution in [1.82, 2.24) is 4.90 Å². The largest absolute Gasteiger partial charge is 1.00 e. The number of nitrogens with one attached hydrogen (secondary N) is 1. The van der Waals surface area contributed by atoms with E-state index in [4.69, 9.17) is 26.6 Å². The molecule has 0 spiro atoms. The molecular weight excluding hydrogens is 1100 g/mol. The third-order valence-corrected chi connectivity index (χ3v) is 9.14. The number of nitriles is 2. The molecule has 1 saturated heterocycles. The Morgan fingerprint density at radius 2 is 1.57 bits per heavy atom. The van der Waals surface area contributed by atoms with Gasteiger partial charge in [0, 0.05) is 107 Å². The zero-order valence-electron chi connectivity index (χ0n) is 36.6. The summed E-state index contributed by atoms with van der Waals surface area (Å²) < 4.78 is 12.6. The first-order valence-corrected chi connectivity index (χ1v) is 19.7. The molecule has 0 bridgehead atoms. The molecule has 10 nitrogen and oxygen atoms in total. The standard InChI is InChI=1S/C18H28N2O2.C13H16N2.C11H19NO2.C2H3N.CH3.HI.U.V/c1-4-6-8-15(5-2)14-22-18(21)16(13-19)10-11-17-9-7-12-20(17)3;1-15-11-5-8-13(15)9-10-14-12-6-3-2-4-7-12;1-4-6-7-10(5-2)9-14-11(13)8-12-3;1-2-3;;;;/h10-11,15H,4-9,12,14H2,1-3H3;2-4,6-7,9-10H,5,8,11H2,1H3;10H,4-9H2,1-2H3;1H3;1H3;1H;;/q;;;;-1;;;/b16-10-,17-11+;;;;;;;. The molecule has 0 aliphatic carbocycles. The van der Waals surface area contributed by atoms with Crippen molar-refractivity contribution in [2.45, 2.75) is 112 Å². The second-order valence-electron chi connectivity index (χ2n) is 13.4. The summed E-state index contributed by atoms with van der Waals surface area (Å²) in [7, 11) is 4.17. The monoisotopic (exact) mass is 1170 g/mol. The fourth-order valence-electron chi connectivity index (χ4n) is 5.57. The third-order valence-electron chi connectivity index (χ3n) is 9.14. The number of halogens is 1. The van der Waals surface area contributed by atoms with Crippen LogP contribution < -0.4 is 29.3 Å². The summed E-state index contributed by atoms with van der Waals surface area (Å²) in [5.74, 6) is -0.0438. The second kappa shape index (κ2) is 44.0. The van der Waals surface area contributed by atoms with E-state index in [0.29, 0.717) is 25.0 Å². The second-order valence-corrected chi connectivity index (χ2v) is 13.4. The smallest absolute Gasteiger partial charge is 0.387 e. The molecule has 2 atom stereocenters. The van der Waals surface area contributed by atoms with Crippen molar-refractivity contribution in [3.05, 3.63) is 84.9 Å². The van der Waals surface area contributed by atoms with Crippen LogP contribution in [-0.4, -0.2) is 74.1 Å². The Morgan fingerprint density at radius 3 is 2.02 bits per heavy atom. The van der Waals surface area contributed by atoms with Gasteiger partial charge in [0.15, 0.2) is 5.71 Å². The number of para-hydroxylation sites is 1. The molecule has 2 unspecified atom stereocenters. The first-order valence-electron chi connectivity index (χ1n) is 19.7. The van der Waals surface area contributed by atoms with E-state index in [0.717, 1.165) is 69.3 Å². The number of carbonyl (C=O) groups is 2. The molecule has 3 rings (SSSR count). The molecule has 2 aliphatic heterocycles. The van der Waals surface area contributed by atoms with Gasteiger partial charge < -0.3 is 55.9 Å². The third kappa shape index (κ3) is 32.4. The van der Waals surface area contributed by atoms with E-state index in [-0.39, 0.29) is 93.2 Å². The van der Waals surface area contributed by atoms with Crippen LogP contribution >= 0.6 is 0 Å². The van der Waals surface area contributed by atoms with Crippen molar-refractivity contribution in [3.8, 4) is 12.1 Å². The topological polar surface area (TPSA) is 123 Å². The van der Waals surface area contributed by atoms with E-state index in [1.807, 2.05) is 43.6 Å². The zero-order valence-corrected chi connectivity index (χ0v) is 44.3. The maximum Gasteiger partial charge on any atom is 0.387 e. The Morgan fingerprint density at radius 1 is 1.00 bits per heavy atom. The van der Waals surface area contributed by atoms with Gasteiger partial charge in [0.2, 0.25) is 0 Å². The molecular formula is C45H70IN6O4UV-. The number of nitrogens with zero attached hydrogens (tertiary/aromatic N) is 5. The Bertz CT molecular complexity index is 1470. The molecule has 0 aromatic heterocycles. The van der Waals surface area contributed by atoms with Gasteiger partial charge in [-0.1, -0.05) is 84.4 Å². The summed E-state index contributed by atoms with van der Waals surface area (Å²) >= 11 is 0. The van der Waals surface area contributed by atoms with E-state index in [1.165, 1.54) is 44.9 Å². The van der Waals surface area contributed by atoms with Gasteiger partial charge in [0.25, 0.3) is 0 Å². The van der Waals surface area contributed by atoms with E-state index in [9.17, 15) is 9.59 Å². The van der Waals surface area contributed by atoms with Gasteiger partial charge in [-0.3, -0.25) is 0 Å². The van der Waals surface area contributed by atoms with Gasteiger partial charge in [-0.05, 0) is 61.8 Å². The molecule has 13 heteroatoms. The number of hydrogen-bond donors (Lipinski definition) is 1. The van der Waals surface area contributed by atoms with E-state index < -0.39 is 11.9 Å². The molecule has 1 aromatic carbocycles. The van der Waals surface area contributed by atoms with Gasteiger partial charge in [-0.15, -0.1) is 0 Å². The minimum Gasteiger partial charge on any atom is -1.00 e. The van der Waals surface area contributed by atoms with Crippen LogP contribution in [0.15, 0.2) is 66.0 Å². The fourth-order valence-corrected chi connectivity index (χ4v) is 5.57. The number of benzene rings is 1. The first-order chi connectivity index (χ1) is 26.1. The SMILES string of the molecule is CC#N.CCCCC(CC)COC(=O)/C(C#N)=C\C=C1/CCCN1C.C[N+]1=C(/C=C/Nc2ccccc2)CCC1.[C-]#[N+]CC(=O)OCC(CC)CCCC.[CH3-].[I-].[U].[V]. The number of unbranched alkanes of at least 4 members (excludes halogenated alkanes) is 2. The van der Waals surface area contributed by atoms with E-state index >= 15 is 0 Å². The Kier molecular flexibility index (Phi) is 49.1. The predicted octanol–water partition coefficient (Wildman–Crippen LogP) is 6.94. The fraction of sp³-hybridized carbons (Fsp3) is 0.578. The normalized spacial score (nSPS) is 14.2. The van der Waals surface area contributed by atoms with Crippen molar-refractivity contribution < 1.29 is 97.3 Å². The summed E-state index contributed by atoms with van der Waals surface area (Å²) in [6.07, 6.45) is 21.1. The van der Waals surface area contributed by atoms with E-state index in [1.54, 1.807) is 12.1 Å². The summed E-state index contributed by atoms with van der Waals surface area (Å²) in [6, 6.07) is 13.9. The minimum absolute atomic E-state index is 0. The molecule has 1 aromatic rings. The van der Waals surface area contributed by atoms with Crippen LogP contribution in [0.1, 0.15) is 112 Å². The molecule has 58 heavy (non-hydrogen) atoms. The van der Waals surface area contributed by atoms with Gasteiger partial charge in [0.1, 0.15) is 25.2 Å². The summed E-state index contributed by atoms with van der Waals surface area (Å²) in [4.78, 5) is 28.0. The van der Waals surface area contributed by atoms with Gasteiger partial charge >= 0.3 is 18.5 Å². The molecule has 1 fully saturated rings. The van der Waals surface area contributed by atoms with Crippen LogP contribution in [0.4, 0.5) is 5.69 Å². The van der Waals surface area contributed by atoms with Gasteiger partial charge in [0.05, 0.1) is 19.3 Å². The molecule has 2 heterocycles. The molecule has 1 radical (unpaired) electrons. The van der Waals surface area contributed by atoms with Crippen LogP contribution in [-0.2, 0) is 37.6 Å². The maximum absolute atomic E-state index is 12.0. The van der Waals surface area contributed by atoms with Gasteiger partial charge in [-0.25, -0.2) is 20.7 Å². The van der Waals surface area contributed by atoms with E-state index in [2.05, 4.69) is 72.6 Å². The number of anilines is 1. The minimum atomic E-state index is -0.505. The maximum atomic E-state index is 12.0. The quantitative estimate of drug-likeness (QED) is 0.0420. The van der Waals surface area contributed by atoms with Crippen LogP contribution in [0.2, 0.25) is 0 Å². The number of hydrogen-bond acceptors (Lipinski definition) is 8. The van der Waals surface area contributed by atoms with Crippen LogP contribution in [0, 0.1) is 79.6 Å². The zero-order chi connectivity index (χ0) is 40.4. The van der Waals surface area contributed by atoms with Gasteiger partial charge in [-0.2, -0.15) is 10.5 Å². The summed E-state index contributed by atoms with van der Waals surface area (Å²) in [5.41, 5.74) is 3.79. The van der Waals surface area contributed by atoms with Crippen molar-refractivity contribution in [2.75, 3.05) is 52.3 Å². The van der Waals surface area contributed by atoms with Crippen molar-refractivity contribution in [3.63, 3.8) is 0 Å². The van der Waals surface area contributed by atoms with Crippen LogP contribution in [0.3, 0.4) is 0 Å². The number of carbonyl (C=O) groups excluding carboxylic acids is 2. The predicted molar refractivity (Wildman–Crippen MR) is 226 cm³/mol. The average Bonchev–Trinajstić information content (AvgIpc) is 3.79. The summed E-state index contributed by atoms with van der Waals surface area (Å²) in [5, 5.41) is 19.7. The summed E-state index contributed by atoms with van der Waals surface area (Å²) in [6.45, 7) is 19.4. The molecule has 0 amide bonds. The van der Waals surface area contributed by atoms with Crippen LogP contribution in [0.5, 0.6) is 0 Å². The molecule has 0 saturated carbocycles. The van der Waals surface area contributed by atoms with Crippen molar-refractivity contribution in [2.24, 2.45) is 11.8 Å². The Labute approximate surface area is 405 Å². The number of allylic oxidation sites excluding steroid dienone is 4. The number of esters is 2. The number of likely N-dealkylation sites (tertiary alicyclic amines) is 1. The number of ether oxygens (including phenoxy) is 2. The Hall–Kier alpha value is -2.51. The first kappa shape index (κ1) is 64.6. The van der Waals surface area contributed by atoms with Crippen molar-refractivity contribution in [1.29, 1.82) is 10.5 Å². The Balaban J connectivity index is -0.000000232. The average molecular weight is 1170 g/mol. The molecule has 321 valence electrons. The van der Waals surface area contributed by atoms with Crippen molar-refractivity contribution >= 4 is 23.3 Å².